The van der Waals surface area contributed by atoms with Crippen molar-refractivity contribution in [3.05, 3.63) is 18.0 Å². The highest BCUT2D eigenvalue weighted by Gasteiger charge is 2.21. The first-order valence-electron chi connectivity index (χ1n) is 5.42. The predicted molar refractivity (Wildman–Crippen MR) is 55.8 cm³/mol. The van der Waals surface area contributed by atoms with Crippen LogP contribution in [0.2, 0.25) is 0 Å². The third kappa shape index (κ3) is 2.19. The van der Waals surface area contributed by atoms with Gasteiger partial charge in [0.2, 0.25) is 0 Å². The van der Waals surface area contributed by atoms with Gasteiger partial charge >= 0.3 is 5.97 Å². The summed E-state index contributed by atoms with van der Waals surface area (Å²) in [4.78, 5) is 10.6. The van der Waals surface area contributed by atoms with Gasteiger partial charge in [-0.2, -0.15) is 5.10 Å². The molecule has 4 heteroatoms. The van der Waals surface area contributed by atoms with Gasteiger partial charge in [0, 0.05) is 6.20 Å². The Balaban J connectivity index is 2.02. The lowest BCUT2D eigenvalue weighted by atomic mass is 9.93. The monoisotopic (exact) mass is 208 g/mol. The fourth-order valence-corrected chi connectivity index (χ4v) is 1.84. The Hall–Kier alpha value is -1.32. The quantitative estimate of drug-likeness (QED) is 0.825. The van der Waals surface area contributed by atoms with Crippen molar-refractivity contribution >= 4 is 5.97 Å². The number of carbonyl (C=O) groups is 1. The standard InChI is InChI=1S/C11H16N2O2/c1-8(5-11(14)15)9-6-12-13(7-9)10-3-2-4-10/h6-8,10H,2-5H2,1H3,(H,14,15). The van der Waals surface area contributed by atoms with Gasteiger partial charge in [-0.25, -0.2) is 0 Å². The van der Waals surface area contributed by atoms with Crippen molar-refractivity contribution < 1.29 is 9.90 Å². The smallest absolute Gasteiger partial charge is 0.303 e. The highest BCUT2D eigenvalue weighted by atomic mass is 16.4. The van der Waals surface area contributed by atoms with Crippen LogP contribution in [-0.4, -0.2) is 20.9 Å². The lowest BCUT2D eigenvalue weighted by molar-refractivity contribution is -0.137. The maximum absolute atomic E-state index is 10.6. The van der Waals surface area contributed by atoms with E-state index in [2.05, 4.69) is 5.10 Å². The Morgan fingerprint density at radius 2 is 2.47 bits per heavy atom. The summed E-state index contributed by atoms with van der Waals surface area (Å²) >= 11 is 0. The predicted octanol–water partition coefficient (Wildman–Crippen LogP) is 2.19. The molecule has 1 saturated carbocycles. The Morgan fingerprint density at radius 1 is 1.73 bits per heavy atom. The summed E-state index contributed by atoms with van der Waals surface area (Å²) < 4.78 is 1.98. The van der Waals surface area contributed by atoms with Gasteiger partial charge in [-0.3, -0.25) is 9.48 Å². The molecule has 0 saturated heterocycles. The van der Waals surface area contributed by atoms with Gasteiger partial charge in [0.05, 0.1) is 18.7 Å². The van der Waals surface area contributed by atoms with Crippen molar-refractivity contribution in [3.8, 4) is 0 Å². The zero-order chi connectivity index (χ0) is 10.8. The van der Waals surface area contributed by atoms with Crippen LogP contribution in [0.25, 0.3) is 0 Å². The Morgan fingerprint density at radius 3 is 3.00 bits per heavy atom. The minimum atomic E-state index is -0.751. The molecule has 2 rings (SSSR count). The summed E-state index contributed by atoms with van der Waals surface area (Å²) in [6, 6.07) is 0.552. The normalized spacial score (nSPS) is 18.5. The first kappa shape index (κ1) is 10.2. The van der Waals surface area contributed by atoms with Gasteiger partial charge in [0.25, 0.3) is 0 Å². The van der Waals surface area contributed by atoms with Crippen molar-refractivity contribution in [1.29, 1.82) is 0 Å². The zero-order valence-corrected chi connectivity index (χ0v) is 8.89. The maximum atomic E-state index is 10.6. The lowest BCUT2D eigenvalue weighted by Crippen LogP contribution is -2.17. The Bertz CT molecular complexity index is 355. The Labute approximate surface area is 88.9 Å². The van der Waals surface area contributed by atoms with Crippen LogP contribution in [-0.2, 0) is 4.79 Å². The van der Waals surface area contributed by atoms with E-state index in [0.29, 0.717) is 6.04 Å². The maximum Gasteiger partial charge on any atom is 0.303 e. The second-order valence-corrected chi connectivity index (χ2v) is 4.34. The molecule has 1 atom stereocenters. The molecule has 0 spiro atoms. The molecule has 1 aliphatic rings. The van der Waals surface area contributed by atoms with Crippen LogP contribution < -0.4 is 0 Å². The minimum Gasteiger partial charge on any atom is -0.481 e. The molecule has 1 aromatic rings. The highest BCUT2D eigenvalue weighted by Crippen LogP contribution is 2.31. The van der Waals surface area contributed by atoms with Crippen LogP contribution in [0.3, 0.4) is 0 Å². The van der Waals surface area contributed by atoms with Crippen molar-refractivity contribution in [2.75, 3.05) is 0 Å². The van der Waals surface area contributed by atoms with Gasteiger partial charge in [-0.15, -0.1) is 0 Å². The van der Waals surface area contributed by atoms with E-state index < -0.39 is 5.97 Å². The van der Waals surface area contributed by atoms with Gasteiger partial charge < -0.3 is 5.11 Å². The number of aliphatic carboxylic acids is 1. The molecule has 4 nitrogen and oxygen atoms in total. The summed E-state index contributed by atoms with van der Waals surface area (Å²) in [5, 5.41) is 13.0. The Kier molecular flexibility index (Phi) is 2.75. The number of hydrogen-bond donors (Lipinski definition) is 1. The molecule has 1 N–H and O–H groups in total. The van der Waals surface area contributed by atoms with Crippen molar-refractivity contribution in [2.24, 2.45) is 0 Å². The number of hydrogen-bond acceptors (Lipinski definition) is 2. The molecule has 1 fully saturated rings. The van der Waals surface area contributed by atoms with Crippen molar-refractivity contribution in [2.45, 2.75) is 44.6 Å². The molecule has 0 amide bonds. The van der Waals surface area contributed by atoms with Crippen LogP contribution in [0.5, 0.6) is 0 Å². The molecule has 0 bridgehead atoms. The van der Waals surface area contributed by atoms with E-state index in [1.165, 1.54) is 19.3 Å². The summed E-state index contributed by atoms with van der Waals surface area (Å²) in [7, 11) is 0. The second-order valence-electron chi connectivity index (χ2n) is 4.34. The number of nitrogens with zero attached hydrogens (tertiary/aromatic N) is 2. The third-order valence-corrected chi connectivity index (χ3v) is 3.12. The van der Waals surface area contributed by atoms with E-state index in [1.807, 2.05) is 17.8 Å². The summed E-state index contributed by atoms with van der Waals surface area (Å²) in [6.07, 6.45) is 7.66. The number of carboxylic acids is 1. The average Bonchev–Trinajstić information content (AvgIpc) is 2.48. The molecule has 0 radical (unpaired) electrons. The molecule has 1 aromatic heterocycles. The zero-order valence-electron chi connectivity index (χ0n) is 8.89. The van der Waals surface area contributed by atoms with Gasteiger partial charge in [-0.1, -0.05) is 6.92 Å². The van der Waals surface area contributed by atoms with Crippen molar-refractivity contribution in [3.63, 3.8) is 0 Å². The van der Waals surface area contributed by atoms with Gasteiger partial charge in [0.1, 0.15) is 0 Å². The first-order valence-corrected chi connectivity index (χ1v) is 5.42. The topological polar surface area (TPSA) is 55.1 Å². The van der Waals surface area contributed by atoms with Crippen LogP contribution in [0, 0.1) is 0 Å². The van der Waals surface area contributed by atoms with Crippen LogP contribution >= 0.6 is 0 Å². The number of rotatable bonds is 4. The van der Waals surface area contributed by atoms with E-state index >= 15 is 0 Å². The molecule has 0 aromatic carbocycles. The van der Waals surface area contributed by atoms with E-state index in [1.54, 1.807) is 6.20 Å². The third-order valence-electron chi connectivity index (χ3n) is 3.12. The van der Waals surface area contributed by atoms with Crippen LogP contribution in [0.15, 0.2) is 12.4 Å². The molecular weight excluding hydrogens is 192 g/mol. The number of carboxylic acid groups (broad SMARTS) is 1. The van der Waals surface area contributed by atoms with Crippen LogP contribution in [0.1, 0.15) is 50.1 Å². The van der Waals surface area contributed by atoms with Crippen molar-refractivity contribution in [1.82, 2.24) is 9.78 Å². The molecule has 1 heterocycles. The molecular formula is C11H16N2O2. The lowest BCUT2D eigenvalue weighted by Gasteiger charge is -2.25. The first-order chi connectivity index (χ1) is 7.16. The van der Waals surface area contributed by atoms with E-state index in [9.17, 15) is 4.79 Å². The SMILES string of the molecule is CC(CC(=O)O)c1cnn(C2CCC2)c1. The summed E-state index contributed by atoms with van der Waals surface area (Å²) in [5.41, 5.74) is 1.03. The van der Waals surface area contributed by atoms with Crippen LogP contribution in [0.4, 0.5) is 0 Å². The number of aromatic nitrogens is 2. The fourth-order valence-electron chi connectivity index (χ4n) is 1.84. The van der Waals surface area contributed by atoms with Gasteiger partial charge in [-0.05, 0) is 30.7 Å². The highest BCUT2D eigenvalue weighted by molar-refractivity contribution is 5.67. The second kappa shape index (κ2) is 4.04. The summed E-state index contributed by atoms with van der Waals surface area (Å²) in [6.45, 7) is 1.93. The molecule has 82 valence electrons. The van der Waals surface area contributed by atoms with E-state index in [0.717, 1.165) is 5.56 Å². The summed E-state index contributed by atoms with van der Waals surface area (Å²) in [5.74, 6) is -0.699. The average molecular weight is 208 g/mol. The van der Waals surface area contributed by atoms with Gasteiger partial charge in [0.15, 0.2) is 0 Å². The van der Waals surface area contributed by atoms with E-state index in [-0.39, 0.29) is 12.3 Å². The molecule has 1 aliphatic carbocycles. The largest absolute Gasteiger partial charge is 0.481 e. The fraction of sp³-hybridized carbons (Fsp3) is 0.636. The van der Waals surface area contributed by atoms with E-state index in [4.69, 9.17) is 5.11 Å². The molecule has 0 aliphatic heterocycles. The molecule has 15 heavy (non-hydrogen) atoms. The minimum absolute atomic E-state index is 0.0522. The molecule has 1 unspecified atom stereocenters.